The summed E-state index contributed by atoms with van der Waals surface area (Å²) in [7, 11) is 0. The Morgan fingerprint density at radius 3 is 1.52 bits per heavy atom. The summed E-state index contributed by atoms with van der Waals surface area (Å²) in [5.41, 5.74) is 5.38. The summed E-state index contributed by atoms with van der Waals surface area (Å²) in [4.78, 5) is 0. The van der Waals surface area contributed by atoms with Gasteiger partial charge in [0.1, 0.15) is 11.6 Å². The number of halogens is 3. The second-order valence-electron chi connectivity index (χ2n) is 12.1. The number of hydrogen-bond acceptors (Lipinski definition) is 2. The largest absolute Gasteiger partial charge is 0.417 e. The second-order valence-corrected chi connectivity index (χ2v) is 12.1. The fourth-order valence-electron chi connectivity index (χ4n) is 7.11. The van der Waals surface area contributed by atoms with E-state index in [-0.39, 0.29) is 22.3 Å². The number of aromatic nitrogens is 2. The molecule has 0 aliphatic rings. The van der Waals surface area contributed by atoms with Gasteiger partial charge in [-0.05, 0) is 80.1 Å². The van der Waals surface area contributed by atoms with E-state index in [1.807, 2.05) is 102 Å². The van der Waals surface area contributed by atoms with Gasteiger partial charge in [0.05, 0.1) is 50.6 Å². The molecule has 4 nitrogen and oxygen atoms in total. The monoisotopic (exact) mass is 630 g/mol. The molecule has 230 valence electrons. The summed E-state index contributed by atoms with van der Waals surface area (Å²) < 4.78 is 47.9. The zero-order valence-electron chi connectivity index (χ0n) is 25.9. The summed E-state index contributed by atoms with van der Waals surface area (Å²) in [5, 5.41) is 24.9. The first-order chi connectivity index (χ1) is 23.2. The fraction of sp³-hybridized carbons (Fsp3) is 0.0732. The topological polar surface area (TPSA) is 57.4 Å². The lowest BCUT2D eigenvalue weighted by Crippen LogP contribution is -2.10. The molecule has 0 radical (unpaired) electrons. The maximum absolute atomic E-state index is 14.7. The zero-order chi connectivity index (χ0) is 33.3. The van der Waals surface area contributed by atoms with Crippen molar-refractivity contribution in [3.8, 4) is 34.6 Å². The van der Waals surface area contributed by atoms with Crippen molar-refractivity contribution in [1.82, 2.24) is 9.13 Å². The van der Waals surface area contributed by atoms with Gasteiger partial charge >= 0.3 is 6.18 Å². The molecule has 2 heterocycles. The molecule has 7 heteroatoms. The highest BCUT2D eigenvalue weighted by molar-refractivity contribution is 6.11. The van der Waals surface area contributed by atoms with E-state index in [1.165, 1.54) is 12.1 Å². The lowest BCUT2D eigenvalue weighted by molar-refractivity contribution is -0.137. The van der Waals surface area contributed by atoms with Gasteiger partial charge in [0.25, 0.3) is 0 Å². The van der Waals surface area contributed by atoms with Gasteiger partial charge in [-0.15, -0.1) is 0 Å². The Morgan fingerprint density at radius 2 is 1.04 bits per heavy atom. The molecule has 0 bridgehead atoms. The maximum atomic E-state index is 14.7. The van der Waals surface area contributed by atoms with E-state index in [1.54, 1.807) is 12.1 Å². The Hall–Kier alpha value is -6.31. The van der Waals surface area contributed by atoms with Crippen LogP contribution in [0.1, 0.15) is 27.8 Å². The van der Waals surface area contributed by atoms with Crippen LogP contribution in [0.15, 0.2) is 115 Å². The van der Waals surface area contributed by atoms with Crippen LogP contribution in [0.3, 0.4) is 0 Å². The Labute approximate surface area is 273 Å². The first-order valence-corrected chi connectivity index (χ1v) is 15.4. The summed E-state index contributed by atoms with van der Waals surface area (Å²) in [6, 6.07) is 39.0. The minimum absolute atomic E-state index is 0.109. The van der Waals surface area contributed by atoms with Crippen LogP contribution >= 0.6 is 0 Å². The Morgan fingerprint density at radius 1 is 0.542 bits per heavy atom. The van der Waals surface area contributed by atoms with E-state index in [0.717, 1.165) is 60.8 Å². The van der Waals surface area contributed by atoms with Crippen LogP contribution in [0.5, 0.6) is 0 Å². The molecule has 6 aromatic carbocycles. The lowest BCUT2D eigenvalue weighted by atomic mass is 9.92. The number of alkyl halides is 3. The van der Waals surface area contributed by atoms with E-state index < -0.39 is 11.7 Å². The van der Waals surface area contributed by atoms with Gasteiger partial charge in [0, 0.05) is 27.1 Å². The normalized spacial score (nSPS) is 11.8. The average Bonchev–Trinajstić information content (AvgIpc) is 3.59. The third-order valence-electron chi connectivity index (χ3n) is 9.13. The van der Waals surface area contributed by atoms with Crippen molar-refractivity contribution in [2.75, 3.05) is 0 Å². The predicted molar refractivity (Wildman–Crippen MR) is 184 cm³/mol. The van der Waals surface area contributed by atoms with Gasteiger partial charge in [-0.25, -0.2) is 0 Å². The first kappa shape index (κ1) is 29.1. The molecule has 0 saturated carbocycles. The molecule has 0 fully saturated rings. The summed E-state index contributed by atoms with van der Waals surface area (Å²) in [6.07, 6.45) is -4.73. The molecule has 8 rings (SSSR count). The van der Waals surface area contributed by atoms with E-state index in [0.29, 0.717) is 11.4 Å². The summed E-state index contributed by atoms with van der Waals surface area (Å²) >= 11 is 0. The van der Waals surface area contributed by atoms with Crippen molar-refractivity contribution in [2.24, 2.45) is 0 Å². The quantitative estimate of drug-likeness (QED) is 0.195. The maximum Gasteiger partial charge on any atom is 0.417 e. The van der Waals surface area contributed by atoms with Gasteiger partial charge in [-0.1, -0.05) is 65.7 Å². The van der Waals surface area contributed by atoms with Crippen molar-refractivity contribution in [3.63, 3.8) is 0 Å². The molecule has 0 atom stereocenters. The molecule has 0 spiro atoms. The number of nitriles is 2. The van der Waals surface area contributed by atoms with Crippen LogP contribution in [0.2, 0.25) is 0 Å². The molecular formula is C41H25F3N4. The second kappa shape index (κ2) is 10.6. The highest BCUT2D eigenvalue weighted by atomic mass is 19.4. The van der Waals surface area contributed by atoms with Crippen molar-refractivity contribution in [3.05, 3.63) is 143 Å². The molecule has 0 aliphatic heterocycles. The van der Waals surface area contributed by atoms with Crippen molar-refractivity contribution in [1.29, 1.82) is 10.5 Å². The standard InChI is InChI=1S/C41H25F3N4/c1-24-14-16-36-30(18-24)28-9-3-5-12-34(28)47(36)38-20-27(40-26(22-45)8-7-11-33(40)41(42,43)44)21-39(32(38)23-46)48-35-13-6-4-10-29(35)31-19-25(2)15-17-37(31)48/h3-21H,1-2H3. The molecule has 0 amide bonds. The molecule has 0 aliphatic carbocycles. The molecule has 0 saturated heterocycles. The number of hydrogen-bond donors (Lipinski definition) is 0. The van der Waals surface area contributed by atoms with Gasteiger partial charge in [0.2, 0.25) is 0 Å². The third-order valence-corrected chi connectivity index (χ3v) is 9.13. The van der Waals surface area contributed by atoms with Crippen molar-refractivity contribution >= 4 is 43.6 Å². The van der Waals surface area contributed by atoms with Gasteiger partial charge in [-0.2, -0.15) is 23.7 Å². The van der Waals surface area contributed by atoms with Gasteiger partial charge in [0.15, 0.2) is 0 Å². The molecular weight excluding hydrogens is 605 g/mol. The SMILES string of the molecule is Cc1ccc2c(c1)c1ccccc1n2-c1cc(-c2c(C#N)cccc2C(F)(F)F)cc(-n2c3ccccc3c3cc(C)ccc32)c1C#N. The Balaban J connectivity index is 1.61. The van der Waals surface area contributed by atoms with Crippen LogP contribution in [-0.4, -0.2) is 9.13 Å². The van der Waals surface area contributed by atoms with Crippen LogP contribution in [0.25, 0.3) is 66.1 Å². The number of fused-ring (bicyclic) bond motifs is 6. The Bertz CT molecular complexity index is 2570. The number of rotatable bonds is 3. The predicted octanol–water partition coefficient (Wildman–Crippen LogP) is 10.9. The minimum Gasteiger partial charge on any atom is -0.308 e. The van der Waals surface area contributed by atoms with Crippen molar-refractivity contribution < 1.29 is 13.2 Å². The number of aryl methyl sites for hydroxylation is 2. The minimum atomic E-state index is -4.73. The van der Waals surface area contributed by atoms with Crippen LogP contribution in [0, 0.1) is 36.5 Å². The van der Waals surface area contributed by atoms with Gasteiger partial charge in [-0.3, -0.25) is 0 Å². The van der Waals surface area contributed by atoms with Crippen LogP contribution in [0.4, 0.5) is 13.2 Å². The summed E-state index contributed by atoms with van der Waals surface area (Å²) in [5.74, 6) is 0. The first-order valence-electron chi connectivity index (χ1n) is 15.4. The highest BCUT2D eigenvalue weighted by Crippen LogP contribution is 2.44. The van der Waals surface area contributed by atoms with E-state index >= 15 is 0 Å². The Kier molecular flexibility index (Phi) is 6.44. The molecule has 0 N–H and O–H groups in total. The molecule has 2 aromatic heterocycles. The van der Waals surface area contributed by atoms with Crippen molar-refractivity contribution in [2.45, 2.75) is 20.0 Å². The molecule has 8 aromatic rings. The van der Waals surface area contributed by atoms with Crippen LogP contribution in [-0.2, 0) is 6.18 Å². The molecule has 48 heavy (non-hydrogen) atoms. The number of nitrogens with zero attached hydrogens (tertiary/aromatic N) is 4. The summed E-state index contributed by atoms with van der Waals surface area (Å²) in [6.45, 7) is 4.01. The van der Waals surface area contributed by atoms with Crippen LogP contribution < -0.4 is 0 Å². The zero-order valence-corrected chi connectivity index (χ0v) is 25.9. The number of benzene rings is 6. The molecule has 0 unspecified atom stereocenters. The number of para-hydroxylation sites is 2. The highest BCUT2D eigenvalue weighted by Gasteiger charge is 2.35. The van der Waals surface area contributed by atoms with Gasteiger partial charge < -0.3 is 9.13 Å². The van der Waals surface area contributed by atoms with E-state index in [9.17, 15) is 23.7 Å². The average molecular weight is 631 g/mol. The van der Waals surface area contributed by atoms with E-state index in [4.69, 9.17) is 0 Å². The smallest absolute Gasteiger partial charge is 0.308 e. The van der Waals surface area contributed by atoms with E-state index in [2.05, 4.69) is 18.2 Å². The lowest BCUT2D eigenvalue weighted by Gasteiger charge is -2.20. The third kappa shape index (κ3) is 4.29. The fourth-order valence-corrected chi connectivity index (χ4v) is 7.11.